The van der Waals surface area contributed by atoms with Crippen LogP contribution in [0.1, 0.15) is 12.8 Å². The Hall–Kier alpha value is -1.77. The molecule has 0 aromatic rings. The summed E-state index contributed by atoms with van der Waals surface area (Å²) < 4.78 is 0. The lowest BCUT2D eigenvalue weighted by Crippen LogP contribution is -2.50. The van der Waals surface area contributed by atoms with Gasteiger partial charge in [-0.05, 0) is 18.4 Å². The van der Waals surface area contributed by atoms with Gasteiger partial charge in [-0.15, -0.1) is 0 Å². The third-order valence-corrected chi connectivity index (χ3v) is 3.54. The lowest BCUT2D eigenvalue weighted by molar-refractivity contribution is -0.139. The highest BCUT2D eigenvalue weighted by Crippen LogP contribution is 2.10. The van der Waals surface area contributed by atoms with E-state index in [2.05, 4.69) is 10.6 Å². The molecule has 1 heterocycles. The number of carboxylic acids is 1. The first kappa shape index (κ1) is 16.3. The number of thioether (sulfide) groups is 1. The van der Waals surface area contributed by atoms with Gasteiger partial charge in [-0.25, -0.2) is 9.59 Å². The van der Waals surface area contributed by atoms with E-state index in [9.17, 15) is 19.2 Å². The normalized spacial score (nSPS) is 19.9. The Labute approximate surface area is 120 Å². The molecule has 1 fully saturated rings. The van der Waals surface area contributed by atoms with Crippen molar-refractivity contribution < 1.29 is 24.3 Å². The molecule has 20 heavy (non-hydrogen) atoms. The number of nitrogens with zero attached hydrogens (tertiary/aromatic N) is 1. The fourth-order valence-corrected chi connectivity index (χ4v) is 2.19. The number of rotatable bonds is 6. The van der Waals surface area contributed by atoms with Crippen molar-refractivity contribution in [3.05, 3.63) is 0 Å². The molecule has 0 saturated carbocycles. The number of carbonyl (C=O) groups is 4. The van der Waals surface area contributed by atoms with Crippen LogP contribution in [0.15, 0.2) is 0 Å². The van der Waals surface area contributed by atoms with Crippen LogP contribution in [0.25, 0.3) is 0 Å². The smallest absolute Gasteiger partial charge is 0.326 e. The number of amides is 4. The van der Waals surface area contributed by atoms with Gasteiger partial charge in [-0.3, -0.25) is 14.5 Å². The number of likely N-dealkylation sites (N-methyl/N-ethyl adjacent to an activating group) is 1. The van der Waals surface area contributed by atoms with Gasteiger partial charge in [0.2, 0.25) is 5.91 Å². The maximum atomic E-state index is 11.7. The monoisotopic (exact) mass is 303 g/mol. The third kappa shape index (κ3) is 4.12. The zero-order valence-corrected chi connectivity index (χ0v) is 12.0. The largest absolute Gasteiger partial charge is 0.480 e. The van der Waals surface area contributed by atoms with Gasteiger partial charge >= 0.3 is 12.0 Å². The summed E-state index contributed by atoms with van der Waals surface area (Å²) >= 11 is 1.47. The number of hydrogen-bond acceptors (Lipinski definition) is 5. The van der Waals surface area contributed by atoms with E-state index < -0.39 is 30.0 Å². The van der Waals surface area contributed by atoms with Crippen LogP contribution in [-0.4, -0.2) is 65.0 Å². The Morgan fingerprint density at radius 2 is 2.15 bits per heavy atom. The van der Waals surface area contributed by atoms with Gasteiger partial charge < -0.3 is 15.7 Å². The molecule has 2 atom stereocenters. The van der Waals surface area contributed by atoms with E-state index in [1.807, 2.05) is 6.26 Å². The van der Waals surface area contributed by atoms with Crippen LogP contribution in [0, 0.1) is 0 Å². The molecule has 9 heteroatoms. The minimum absolute atomic E-state index is 0.106. The Morgan fingerprint density at radius 1 is 1.50 bits per heavy atom. The molecule has 112 valence electrons. The van der Waals surface area contributed by atoms with E-state index in [-0.39, 0.29) is 18.7 Å². The van der Waals surface area contributed by atoms with Crippen molar-refractivity contribution in [1.82, 2.24) is 15.5 Å². The summed E-state index contributed by atoms with van der Waals surface area (Å²) in [6.07, 6.45) is 2.00. The van der Waals surface area contributed by atoms with Crippen molar-refractivity contribution in [1.29, 1.82) is 0 Å². The topological polar surface area (TPSA) is 116 Å². The van der Waals surface area contributed by atoms with Crippen LogP contribution in [0.5, 0.6) is 0 Å². The van der Waals surface area contributed by atoms with Crippen LogP contribution in [-0.2, 0) is 14.4 Å². The average Bonchev–Trinajstić information content (AvgIpc) is 2.61. The second-order valence-electron chi connectivity index (χ2n) is 4.34. The van der Waals surface area contributed by atoms with Crippen LogP contribution < -0.4 is 10.6 Å². The number of imide groups is 1. The van der Waals surface area contributed by atoms with Gasteiger partial charge in [-0.2, -0.15) is 11.8 Å². The fraction of sp³-hybridized carbons (Fsp3) is 0.636. The lowest BCUT2D eigenvalue weighted by atomic mass is 10.2. The van der Waals surface area contributed by atoms with Crippen LogP contribution >= 0.6 is 11.8 Å². The molecule has 0 aliphatic carbocycles. The fourth-order valence-electron chi connectivity index (χ4n) is 1.72. The second-order valence-corrected chi connectivity index (χ2v) is 5.32. The molecular formula is C11H17N3O5S. The summed E-state index contributed by atoms with van der Waals surface area (Å²) in [7, 11) is 1.34. The van der Waals surface area contributed by atoms with Crippen molar-refractivity contribution >= 4 is 35.6 Å². The molecule has 1 unspecified atom stereocenters. The van der Waals surface area contributed by atoms with E-state index in [1.54, 1.807) is 0 Å². The molecule has 0 bridgehead atoms. The second kappa shape index (κ2) is 7.13. The highest BCUT2D eigenvalue weighted by atomic mass is 32.2. The average molecular weight is 303 g/mol. The Morgan fingerprint density at radius 3 is 2.60 bits per heavy atom. The van der Waals surface area contributed by atoms with Crippen molar-refractivity contribution in [2.24, 2.45) is 0 Å². The standard InChI is InChI=1S/C11H17N3O5S/c1-14-8(15)5-7(9(14)16)13-11(19)12-6(10(17)18)3-4-20-2/h6-7H,3-5H2,1-2H3,(H,17,18)(H2,12,13,19)/t6-,7?/m1/s1. The predicted molar refractivity (Wildman–Crippen MR) is 72.3 cm³/mol. The number of carboxylic acid groups (broad SMARTS) is 1. The van der Waals surface area contributed by atoms with E-state index in [4.69, 9.17) is 5.11 Å². The lowest BCUT2D eigenvalue weighted by Gasteiger charge is -2.16. The molecule has 0 radical (unpaired) electrons. The van der Waals surface area contributed by atoms with Crippen LogP contribution in [0.4, 0.5) is 4.79 Å². The highest BCUT2D eigenvalue weighted by Gasteiger charge is 2.37. The minimum Gasteiger partial charge on any atom is -0.480 e. The van der Waals surface area contributed by atoms with Crippen molar-refractivity contribution in [2.75, 3.05) is 19.1 Å². The van der Waals surface area contributed by atoms with Gasteiger partial charge in [0.25, 0.3) is 5.91 Å². The first-order valence-electron chi connectivity index (χ1n) is 5.96. The van der Waals surface area contributed by atoms with Crippen molar-refractivity contribution in [3.8, 4) is 0 Å². The zero-order valence-electron chi connectivity index (χ0n) is 11.2. The molecular weight excluding hydrogens is 286 g/mol. The highest BCUT2D eigenvalue weighted by molar-refractivity contribution is 7.98. The number of aliphatic carboxylic acids is 1. The predicted octanol–water partition coefficient (Wildman–Crippen LogP) is -0.751. The quantitative estimate of drug-likeness (QED) is 0.556. The van der Waals surface area contributed by atoms with Crippen molar-refractivity contribution in [2.45, 2.75) is 24.9 Å². The summed E-state index contributed by atoms with van der Waals surface area (Å²) in [5.74, 6) is -1.43. The summed E-state index contributed by atoms with van der Waals surface area (Å²) in [6.45, 7) is 0. The summed E-state index contributed by atoms with van der Waals surface area (Å²) in [6, 6.07) is -2.71. The molecule has 8 nitrogen and oxygen atoms in total. The molecule has 1 rings (SSSR count). The number of urea groups is 1. The van der Waals surface area contributed by atoms with Gasteiger partial charge in [0.05, 0.1) is 6.42 Å². The molecule has 3 N–H and O–H groups in total. The number of likely N-dealkylation sites (tertiary alicyclic amines) is 1. The molecule has 0 aromatic heterocycles. The maximum Gasteiger partial charge on any atom is 0.326 e. The van der Waals surface area contributed by atoms with E-state index in [0.717, 1.165) is 4.90 Å². The molecule has 0 spiro atoms. The van der Waals surface area contributed by atoms with E-state index in [1.165, 1.54) is 18.8 Å². The number of carbonyl (C=O) groups excluding carboxylic acids is 3. The molecule has 0 aromatic carbocycles. The first-order chi connectivity index (χ1) is 9.36. The maximum absolute atomic E-state index is 11.7. The van der Waals surface area contributed by atoms with Gasteiger partial charge in [0.15, 0.2) is 0 Å². The molecule has 4 amide bonds. The Kier molecular flexibility index (Phi) is 5.81. The summed E-state index contributed by atoms with van der Waals surface area (Å²) in [5, 5.41) is 13.6. The number of hydrogen-bond donors (Lipinski definition) is 3. The SMILES string of the molecule is CSCC[C@@H](NC(=O)NC1CC(=O)N(C)C1=O)C(=O)O. The summed E-state index contributed by atoms with van der Waals surface area (Å²) in [5.41, 5.74) is 0. The molecule has 1 aliphatic heterocycles. The third-order valence-electron chi connectivity index (χ3n) is 2.90. The Balaban J connectivity index is 2.52. The van der Waals surface area contributed by atoms with Crippen LogP contribution in [0.2, 0.25) is 0 Å². The Bertz CT molecular complexity index is 428. The van der Waals surface area contributed by atoms with E-state index >= 15 is 0 Å². The van der Waals surface area contributed by atoms with Gasteiger partial charge in [0, 0.05) is 7.05 Å². The van der Waals surface area contributed by atoms with E-state index in [0.29, 0.717) is 5.75 Å². The molecule has 1 saturated heterocycles. The number of nitrogens with one attached hydrogen (secondary N) is 2. The zero-order chi connectivity index (χ0) is 15.3. The van der Waals surface area contributed by atoms with Crippen LogP contribution in [0.3, 0.4) is 0 Å². The van der Waals surface area contributed by atoms with Crippen molar-refractivity contribution in [3.63, 3.8) is 0 Å². The minimum atomic E-state index is -1.14. The van der Waals surface area contributed by atoms with Gasteiger partial charge in [0.1, 0.15) is 12.1 Å². The molecule has 1 aliphatic rings. The van der Waals surface area contributed by atoms with Gasteiger partial charge in [-0.1, -0.05) is 0 Å². The summed E-state index contributed by atoms with van der Waals surface area (Å²) in [4.78, 5) is 46.4. The first-order valence-corrected chi connectivity index (χ1v) is 7.35.